The van der Waals surface area contributed by atoms with Crippen molar-refractivity contribution in [1.82, 2.24) is 0 Å². The summed E-state index contributed by atoms with van der Waals surface area (Å²) >= 11 is 0. The Bertz CT molecular complexity index is 258. The molecule has 0 aliphatic rings. The number of hydrogen-bond donors (Lipinski definition) is 0. The van der Waals surface area contributed by atoms with E-state index in [0.29, 0.717) is 6.42 Å². The SMILES string of the molecule is CC.Cc1cccc(CC#N)c1. The summed E-state index contributed by atoms with van der Waals surface area (Å²) in [4.78, 5) is 0. The van der Waals surface area contributed by atoms with E-state index in [9.17, 15) is 0 Å². The van der Waals surface area contributed by atoms with Gasteiger partial charge in [0.05, 0.1) is 12.5 Å². The average Bonchev–Trinajstić information content (AvgIpc) is 2.09. The van der Waals surface area contributed by atoms with Gasteiger partial charge in [-0.3, -0.25) is 0 Å². The monoisotopic (exact) mass is 161 g/mol. The van der Waals surface area contributed by atoms with Crippen LogP contribution in [0.2, 0.25) is 0 Å². The lowest BCUT2D eigenvalue weighted by Crippen LogP contribution is -1.80. The highest BCUT2D eigenvalue weighted by atomic mass is 14.2. The molecular weight excluding hydrogens is 146 g/mol. The zero-order chi connectivity index (χ0) is 9.40. The molecule has 0 fully saturated rings. The molecule has 64 valence electrons. The summed E-state index contributed by atoms with van der Waals surface area (Å²) in [7, 11) is 0. The van der Waals surface area contributed by atoms with Gasteiger partial charge in [-0.2, -0.15) is 5.26 Å². The van der Waals surface area contributed by atoms with E-state index >= 15 is 0 Å². The van der Waals surface area contributed by atoms with Gasteiger partial charge in [-0.25, -0.2) is 0 Å². The second-order valence-electron chi connectivity index (χ2n) is 2.32. The summed E-state index contributed by atoms with van der Waals surface area (Å²) < 4.78 is 0. The molecule has 0 spiro atoms. The fourth-order valence-corrected chi connectivity index (χ4v) is 0.913. The predicted octanol–water partition coefficient (Wildman–Crippen LogP) is 3.09. The van der Waals surface area contributed by atoms with E-state index < -0.39 is 0 Å². The van der Waals surface area contributed by atoms with Gasteiger partial charge in [0.15, 0.2) is 0 Å². The Kier molecular flexibility index (Phi) is 5.73. The number of nitrogens with zero attached hydrogens (tertiary/aromatic N) is 1. The lowest BCUT2D eigenvalue weighted by molar-refractivity contribution is 1.24. The molecule has 1 aromatic carbocycles. The Hall–Kier alpha value is -1.29. The maximum absolute atomic E-state index is 8.36. The minimum Gasteiger partial charge on any atom is -0.198 e. The molecule has 0 saturated heterocycles. The van der Waals surface area contributed by atoms with Crippen LogP contribution in [0.3, 0.4) is 0 Å². The normalized spacial score (nSPS) is 7.83. The zero-order valence-electron chi connectivity index (χ0n) is 7.96. The minimum atomic E-state index is 0.516. The summed E-state index contributed by atoms with van der Waals surface area (Å²) in [6.07, 6.45) is 0.516. The van der Waals surface area contributed by atoms with Gasteiger partial charge >= 0.3 is 0 Å². The molecule has 1 nitrogen and oxygen atoms in total. The van der Waals surface area contributed by atoms with Crippen LogP contribution in [-0.2, 0) is 6.42 Å². The van der Waals surface area contributed by atoms with Gasteiger partial charge in [0, 0.05) is 0 Å². The summed E-state index contributed by atoms with van der Waals surface area (Å²) in [5.74, 6) is 0. The number of aryl methyl sites for hydroxylation is 1. The smallest absolute Gasteiger partial charge is 0.0669 e. The van der Waals surface area contributed by atoms with E-state index in [4.69, 9.17) is 5.26 Å². The van der Waals surface area contributed by atoms with Crippen molar-refractivity contribution in [3.05, 3.63) is 35.4 Å². The fraction of sp³-hybridized carbons (Fsp3) is 0.364. The third-order valence-corrected chi connectivity index (χ3v) is 1.37. The van der Waals surface area contributed by atoms with Crippen LogP contribution >= 0.6 is 0 Å². The summed E-state index contributed by atoms with van der Waals surface area (Å²) in [6.45, 7) is 6.03. The van der Waals surface area contributed by atoms with Gasteiger partial charge in [-0.05, 0) is 12.5 Å². The molecule has 0 aliphatic carbocycles. The largest absolute Gasteiger partial charge is 0.198 e. The van der Waals surface area contributed by atoms with Crippen LogP contribution in [0.25, 0.3) is 0 Å². The van der Waals surface area contributed by atoms with Crippen LogP contribution in [0.1, 0.15) is 25.0 Å². The first-order valence-corrected chi connectivity index (χ1v) is 4.25. The molecule has 12 heavy (non-hydrogen) atoms. The number of rotatable bonds is 1. The average molecular weight is 161 g/mol. The van der Waals surface area contributed by atoms with Crippen molar-refractivity contribution in [2.75, 3.05) is 0 Å². The molecule has 0 aromatic heterocycles. The van der Waals surface area contributed by atoms with Crippen molar-refractivity contribution in [3.63, 3.8) is 0 Å². The van der Waals surface area contributed by atoms with Gasteiger partial charge in [0.2, 0.25) is 0 Å². The molecule has 0 unspecified atom stereocenters. The van der Waals surface area contributed by atoms with Crippen molar-refractivity contribution in [2.24, 2.45) is 0 Å². The number of nitriles is 1. The van der Waals surface area contributed by atoms with Crippen LogP contribution in [0.15, 0.2) is 24.3 Å². The standard InChI is InChI=1S/C9H9N.C2H6/c1-8-3-2-4-9(7-8)5-6-10;1-2/h2-4,7H,5H2,1H3;1-2H3. The van der Waals surface area contributed by atoms with Gasteiger partial charge in [-0.1, -0.05) is 43.7 Å². The van der Waals surface area contributed by atoms with Crippen molar-refractivity contribution in [2.45, 2.75) is 27.2 Å². The highest BCUT2D eigenvalue weighted by Crippen LogP contribution is 2.03. The van der Waals surface area contributed by atoms with E-state index in [-0.39, 0.29) is 0 Å². The predicted molar refractivity (Wildman–Crippen MR) is 51.8 cm³/mol. The highest BCUT2D eigenvalue weighted by molar-refractivity contribution is 5.24. The second-order valence-corrected chi connectivity index (χ2v) is 2.32. The van der Waals surface area contributed by atoms with E-state index in [2.05, 4.69) is 6.07 Å². The number of benzene rings is 1. The van der Waals surface area contributed by atoms with Crippen molar-refractivity contribution >= 4 is 0 Å². The van der Waals surface area contributed by atoms with Crippen LogP contribution in [0.5, 0.6) is 0 Å². The fourth-order valence-electron chi connectivity index (χ4n) is 0.913. The van der Waals surface area contributed by atoms with Crippen molar-refractivity contribution in [1.29, 1.82) is 5.26 Å². The Balaban J connectivity index is 0.000000561. The Morgan fingerprint density at radius 1 is 1.33 bits per heavy atom. The maximum atomic E-state index is 8.36. The molecule has 1 heteroatoms. The maximum Gasteiger partial charge on any atom is 0.0669 e. The van der Waals surface area contributed by atoms with E-state index in [1.165, 1.54) is 5.56 Å². The molecule has 0 N–H and O–H groups in total. The molecule has 0 heterocycles. The van der Waals surface area contributed by atoms with E-state index in [1.807, 2.05) is 45.0 Å². The Morgan fingerprint density at radius 2 is 2.00 bits per heavy atom. The van der Waals surface area contributed by atoms with Crippen LogP contribution < -0.4 is 0 Å². The first-order valence-electron chi connectivity index (χ1n) is 4.25. The van der Waals surface area contributed by atoms with E-state index in [1.54, 1.807) is 0 Å². The van der Waals surface area contributed by atoms with E-state index in [0.717, 1.165) is 5.56 Å². The number of hydrogen-bond acceptors (Lipinski definition) is 1. The molecule has 0 saturated carbocycles. The molecule has 1 aromatic rings. The van der Waals surface area contributed by atoms with Gasteiger partial charge < -0.3 is 0 Å². The van der Waals surface area contributed by atoms with Gasteiger partial charge in [-0.15, -0.1) is 0 Å². The van der Waals surface area contributed by atoms with Crippen molar-refractivity contribution in [3.8, 4) is 6.07 Å². The molecule has 1 rings (SSSR count). The molecule has 0 aliphatic heterocycles. The van der Waals surface area contributed by atoms with Crippen LogP contribution in [0, 0.1) is 18.3 Å². The Labute approximate surface area is 74.7 Å². The third-order valence-electron chi connectivity index (χ3n) is 1.37. The molecule has 0 radical (unpaired) electrons. The minimum absolute atomic E-state index is 0.516. The lowest BCUT2D eigenvalue weighted by Gasteiger charge is -1.94. The topological polar surface area (TPSA) is 23.8 Å². The lowest BCUT2D eigenvalue weighted by atomic mass is 10.1. The molecule has 0 atom stereocenters. The van der Waals surface area contributed by atoms with Gasteiger partial charge in [0.1, 0.15) is 0 Å². The van der Waals surface area contributed by atoms with Gasteiger partial charge in [0.25, 0.3) is 0 Å². The third kappa shape index (κ3) is 3.78. The first kappa shape index (κ1) is 10.7. The Morgan fingerprint density at radius 3 is 2.50 bits per heavy atom. The first-order chi connectivity index (χ1) is 5.83. The molecule has 0 amide bonds. The molecule has 0 bridgehead atoms. The highest BCUT2D eigenvalue weighted by Gasteiger charge is 1.89. The molecular formula is C11H15N. The quantitative estimate of drug-likeness (QED) is 0.621. The summed E-state index contributed by atoms with van der Waals surface area (Å²) in [5, 5.41) is 8.36. The summed E-state index contributed by atoms with van der Waals surface area (Å²) in [6, 6.07) is 10.1. The van der Waals surface area contributed by atoms with Crippen molar-refractivity contribution < 1.29 is 0 Å². The van der Waals surface area contributed by atoms with Crippen LogP contribution in [0.4, 0.5) is 0 Å². The second kappa shape index (κ2) is 6.42. The van der Waals surface area contributed by atoms with Crippen LogP contribution in [-0.4, -0.2) is 0 Å². The zero-order valence-corrected chi connectivity index (χ0v) is 7.96. The summed E-state index contributed by atoms with van der Waals surface area (Å²) in [5.41, 5.74) is 2.32.